The Morgan fingerprint density at radius 3 is 2.48 bits per heavy atom. The number of carbonyl (C=O) groups excluding carboxylic acids is 2. The van der Waals surface area contributed by atoms with E-state index in [1.54, 1.807) is 11.8 Å². The number of sulfonamides is 1. The molecule has 1 heterocycles. The Balaban J connectivity index is 2.46. The second kappa shape index (κ2) is 8.30. The average molecular weight is 321 g/mol. The Morgan fingerprint density at radius 2 is 1.90 bits per heavy atom. The van der Waals surface area contributed by atoms with Crippen LogP contribution in [0.5, 0.6) is 0 Å². The maximum atomic E-state index is 12.0. The van der Waals surface area contributed by atoms with Gasteiger partial charge in [0.1, 0.15) is 0 Å². The van der Waals surface area contributed by atoms with Gasteiger partial charge in [-0.2, -0.15) is 4.31 Å². The Morgan fingerprint density at radius 1 is 1.29 bits per heavy atom. The monoisotopic (exact) mass is 321 g/mol. The van der Waals surface area contributed by atoms with Crippen LogP contribution in [0.15, 0.2) is 0 Å². The van der Waals surface area contributed by atoms with E-state index in [2.05, 4.69) is 10.1 Å². The predicted octanol–water partition coefficient (Wildman–Crippen LogP) is -1.37. The van der Waals surface area contributed by atoms with Gasteiger partial charge in [-0.05, 0) is 6.92 Å². The Kier molecular flexibility index (Phi) is 7.06. The highest BCUT2D eigenvalue weighted by atomic mass is 32.2. The van der Waals surface area contributed by atoms with Crippen LogP contribution in [0, 0.1) is 0 Å². The Hall–Kier alpha value is -1.19. The smallest absolute Gasteiger partial charge is 0.306 e. The fourth-order valence-corrected chi connectivity index (χ4v) is 2.95. The van der Waals surface area contributed by atoms with Crippen molar-refractivity contribution in [3.05, 3.63) is 0 Å². The minimum absolute atomic E-state index is 0.203. The molecule has 0 aromatic carbocycles. The quantitative estimate of drug-likeness (QED) is 0.582. The van der Waals surface area contributed by atoms with Gasteiger partial charge in [-0.15, -0.1) is 0 Å². The van der Waals surface area contributed by atoms with Crippen LogP contribution in [0.3, 0.4) is 0 Å². The van der Waals surface area contributed by atoms with Crippen molar-refractivity contribution in [1.82, 2.24) is 14.5 Å². The largest absolute Gasteiger partial charge is 0.466 e. The molecule has 1 aliphatic heterocycles. The van der Waals surface area contributed by atoms with Crippen LogP contribution in [0.4, 0.5) is 0 Å². The summed E-state index contributed by atoms with van der Waals surface area (Å²) >= 11 is 0. The van der Waals surface area contributed by atoms with Crippen LogP contribution in [0.25, 0.3) is 0 Å². The first-order valence-corrected chi connectivity index (χ1v) is 8.56. The number of esters is 1. The summed E-state index contributed by atoms with van der Waals surface area (Å²) in [4.78, 5) is 24.8. The van der Waals surface area contributed by atoms with Crippen LogP contribution in [0.1, 0.15) is 13.3 Å². The summed E-state index contributed by atoms with van der Waals surface area (Å²) in [5.74, 6) is -1.13. The topological polar surface area (TPSA) is 96.0 Å². The molecule has 21 heavy (non-hydrogen) atoms. The van der Waals surface area contributed by atoms with E-state index in [9.17, 15) is 18.0 Å². The van der Waals surface area contributed by atoms with Crippen molar-refractivity contribution in [2.75, 3.05) is 52.1 Å². The second-order valence-corrected chi connectivity index (χ2v) is 6.95. The van der Waals surface area contributed by atoms with Gasteiger partial charge in [0, 0.05) is 33.2 Å². The maximum Gasteiger partial charge on any atom is 0.306 e. The van der Waals surface area contributed by atoms with Gasteiger partial charge in [0.2, 0.25) is 15.9 Å². The SMILES string of the molecule is CCOC(=O)CCS(=O)(=O)N(C)CC(=O)N1CCNCC1. The highest BCUT2D eigenvalue weighted by molar-refractivity contribution is 7.89. The van der Waals surface area contributed by atoms with Gasteiger partial charge in [-0.1, -0.05) is 0 Å². The van der Waals surface area contributed by atoms with E-state index < -0.39 is 16.0 Å². The van der Waals surface area contributed by atoms with Gasteiger partial charge < -0.3 is 15.0 Å². The summed E-state index contributed by atoms with van der Waals surface area (Å²) in [7, 11) is -2.29. The first-order chi connectivity index (χ1) is 9.86. The summed E-state index contributed by atoms with van der Waals surface area (Å²) in [5, 5.41) is 3.12. The first kappa shape index (κ1) is 17.9. The molecule has 0 aromatic rings. The van der Waals surface area contributed by atoms with Crippen molar-refractivity contribution < 1.29 is 22.7 Å². The first-order valence-electron chi connectivity index (χ1n) is 6.95. The van der Waals surface area contributed by atoms with Crippen molar-refractivity contribution in [1.29, 1.82) is 0 Å². The molecule has 0 atom stereocenters. The summed E-state index contributed by atoms with van der Waals surface area (Å²) in [6.45, 7) is 4.26. The molecular weight excluding hydrogens is 298 g/mol. The fourth-order valence-electron chi connectivity index (χ4n) is 1.90. The fraction of sp³-hybridized carbons (Fsp3) is 0.833. The number of ether oxygens (including phenoxy) is 1. The zero-order chi connectivity index (χ0) is 15.9. The lowest BCUT2D eigenvalue weighted by molar-refractivity contribution is -0.142. The Bertz CT molecular complexity index is 460. The van der Waals surface area contributed by atoms with Crippen LogP contribution >= 0.6 is 0 Å². The summed E-state index contributed by atoms with van der Waals surface area (Å²) < 4.78 is 29.7. The van der Waals surface area contributed by atoms with E-state index in [0.717, 1.165) is 4.31 Å². The third-order valence-electron chi connectivity index (χ3n) is 3.17. The van der Waals surface area contributed by atoms with Crippen LogP contribution in [-0.2, 0) is 24.3 Å². The van der Waals surface area contributed by atoms with E-state index >= 15 is 0 Å². The lowest BCUT2D eigenvalue weighted by Crippen LogP contribution is -2.50. The summed E-state index contributed by atoms with van der Waals surface area (Å²) in [5.41, 5.74) is 0. The van der Waals surface area contributed by atoms with Crippen LogP contribution < -0.4 is 5.32 Å². The molecule has 0 aromatic heterocycles. The van der Waals surface area contributed by atoms with E-state index in [-0.39, 0.29) is 31.2 Å². The van der Waals surface area contributed by atoms with Gasteiger partial charge in [-0.25, -0.2) is 8.42 Å². The molecule has 1 aliphatic rings. The third kappa shape index (κ3) is 5.98. The molecule has 1 N–H and O–H groups in total. The van der Waals surface area contributed by atoms with Crippen LogP contribution in [-0.4, -0.2) is 81.6 Å². The number of carbonyl (C=O) groups is 2. The van der Waals surface area contributed by atoms with Gasteiger partial charge >= 0.3 is 5.97 Å². The summed E-state index contributed by atoms with van der Waals surface area (Å²) in [6, 6.07) is 0. The van der Waals surface area contributed by atoms with Crippen molar-refractivity contribution in [2.45, 2.75) is 13.3 Å². The number of amides is 1. The zero-order valence-electron chi connectivity index (χ0n) is 12.5. The molecule has 0 saturated carbocycles. The minimum atomic E-state index is -3.64. The lowest BCUT2D eigenvalue weighted by atomic mass is 10.3. The van der Waals surface area contributed by atoms with E-state index in [1.807, 2.05) is 0 Å². The van der Waals surface area contributed by atoms with Crippen molar-refractivity contribution >= 4 is 21.9 Å². The number of piperazine rings is 1. The van der Waals surface area contributed by atoms with Gasteiger partial charge in [0.05, 0.1) is 25.3 Å². The molecule has 122 valence electrons. The predicted molar refractivity (Wildman–Crippen MR) is 77.1 cm³/mol. The van der Waals surface area contributed by atoms with Crippen molar-refractivity contribution in [3.63, 3.8) is 0 Å². The molecular formula is C12H23N3O5S. The Labute approximate surface area is 125 Å². The summed E-state index contributed by atoms with van der Waals surface area (Å²) in [6.07, 6.45) is -0.206. The number of nitrogens with one attached hydrogen (secondary N) is 1. The third-order valence-corrected chi connectivity index (χ3v) is 4.97. The van der Waals surface area contributed by atoms with Gasteiger partial charge in [0.25, 0.3) is 0 Å². The number of hydrogen-bond donors (Lipinski definition) is 1. The second-order valence-electron chi connectivity index (χ2n) is 4.76. The van der Waals surface area contributed by atoms with E-state index in [0.29, 0.717) is 26.2 Å². The standard InChI is InChI=1S/C12H23N3O5S/c1-3-20-12(17)4-9-21(18,19)14(2)10-11(16)15-7-5-13-6-8-15/h13H,3-10H2,1-2H3. The highest BCUT2D eigenvalue weighted by Crippen LogP contribution is 2.04. The zero-order valence-corrected chi connectivity index (χ0v) is 13.3. The molecule has 1 amide bonds. The van der Waals surface area contributed by atoms with Crippen molar-refractivity contribution in [3.8, 4) is 0 Å². The molecule has 1 fully saturated rings. The van der Waals surface area contributed by atoms with Gasteiger partial charge in [-0.3, -0.25) is 9.59 Å². The van der Waals surface area contributed by atoms with E-state index in [4.69, 9.17) is 0 Å². The number of likely N-dealkylation sites (N-methyl/N-ethyl adjacent to an activating group) is 1. The molecule has 0 aliphatic carbocycles. The average Bonchev–Trinajstić information content (AvgIpc) is 2.46. The van der Waals surface area contributed by atoms with E-state index in [1.165, 1.54) is 7.05 Å². The molecule has 1 saturated heterocycles. The molecule has 0 unspecified atom stereocenters. The molecule has 0 spiro atoms. The number of hydrogen-bond acceptors (Lipinski definition) is 6. The lowest BCUT2D eigenvalue weighted by Gasteiger charge is -2.29. The van der Waals surface area contributed by atoms with Crippen LogP contribution in [0.2, 0.25) is 0 Å². The molecule has 9 heteroatoms. The molecule has 1 rings (SSSR count). The minimum Gasteiger partial charge on any atom is -0.466 e. The number of rotatable bonds is 7. The van der Waals surface area contributed by atoms with Gasteiger partial charge in [0.15, 0.2) is 0 Å². The molecule has 0 radical (unpaired) electrons. The maximum absolute atomic E-state index is 12.0. The van der Waals surface area contributed by atoms with Crippen molar-refractivity contribution in [2.24, 2.45) is 0 Å². The molecule has 0 bridgehead atoms. The normalized spacial score (nSPS) is 16.0. The highest BCUT2D eigenvalue weighted by Gasteiger charge is 2.25. The molecule has 8 nitrogen and oxygen atoms in total. The number of nitrogens with zero attached hydrogens (tertiary/aromatic N) is 2.